The minimum absolute atomic E-state index is 0.159. The van der Waals surface area contributed by atoms with Crippen LogP contribution in [0.1, 0.15) is 15.9 Å². The quantitative estimate of drug-likeness (QED) is 0.380. The number of nitrogens with zero attached hydrogens (tertiary/aromatic N) is 1. The first kappa shape index (κ1) is 21.2. The Bertz CT molecular complexity index is 1260. The van der Waals surface area contributed by atoms with Crippen LogP contribution in [0.4, 0.5) is 0 Å². The molecule has 0 aliphatic rings. The standard InChI is InChI=1S/C25H20Cl2N2O2/c1-31-19-6-4-5-17(13-19)24-15-21(20-7-2-3-8-23(20)29-24)25(30)28-12-11-16-9-10-18(26)14-22(16)27/h2-10,13-15H,11-12H2,1H3,(H,28,30). The summed E-state index contributed by atoms with van der Waals surface area (Å²) in [7, 11) is 1.62. The van der Waals surface area contributed by atoms with Gasteiger partial charge in [-0.3, -0.25) is 4.79 Å². The van der Waals surface area contributed by atoms with Crippen LogP contribution in [0.2, 0.25) is 10.0 Å². The predicted octanol–water partition coefficient (Wildman–Crippen LogP) is 6.19. The molecule has 0 spiro atoms. The molecular weight excluding hydrogens is 431 g/mol. The maximum absolute atomic E-state index is 13.1. The largest absolute Gasteiger partial charge is 0.497 e. The highest BCUT2D eigenvalue weighted by molar-refractivity contribution is 6.35. The Morgan fingerprint density at radius 2 is 1.84 bits per heavy atom. The van der Waals surface area contributed by atoms with E-state index < -0.39 is 0 Å². The third kappa shape index (κ3) is 4.82. The minimum atomic E-state index is -0.159. The van der Waals surface area contributed by atoms with E-state index in [0.717, 1.165) is 27.8 Å². The Morgan fingerprint density at radius 1 is 1.00 bits per heavy atom. The van der Waals surface area contributed by atoms with Gasteiger partial charge in [0.1, 0.15) is 5.75 Å². The summed E-state index contributed by atoms with van der Waals surface area (Å²) in [6, 6.07) is 22.5. The van der Waals surface area contributed by atoms with Crippen LogP contribution >= 0.6 is 23.2 Å². The van der Waals surface area contributed by atoms with Gasteiger partial charge in [0.15, 0.2) is 0 Å². The maximum atomic E-state index is 13.1. The van der Waals surface area contributed by atoms with Crippen LogP contribution in [0.25, 0.3) is 22.2 Å². The monoisotopic (exact) mass is 450 g/mol. The third-order valence-corrected chi connectivity index (χ3v) is 5.61. The smallest absolute Gasteiger partial charge is 0.252 e. The molecule has 0 aliphatic carbocycles. The van der Waals surface area contributed by atoms with Crippen LogP contribution in [-0.2, 0) is 6.42 Å². The number of para-hydroxylation sites is 1. The second kappa shape index (κ2) is 9.38. The van der Waals surface area contributed by atoms with E-state index in [0.29, 0.717) is 34.3 Å². The van der Waals surface area contributed by atoms with Gasteiger partial charge in [-0.15, -0.1) is 0 Å². The lowest BCUT2D eigenvalue weighted by atomic mass is 10.0. The van der Waals surface area contributed by atoms with Crippen molar-refractivity contribution in [2.75, 3.05) is 13.7 Å². The summed E-state index contributed by atoms with van der Waals surface area (Å²) >= 11 is 12.2. The van der Waals surface area contributed by atoms with Crippen molar-refractivity contribution in [1.82, 2.24) is 10.3 Å². The number of amides is 1. The molecule has 31 heavy (non-hydrogen) atoms. The normalized spacial score (nSPS) is 10.8. The fourth-order valence-corrected chi connectivity index (χ4v) is 3.93. The van der Waals surface area contributed by atoms with E-state index in [1.807, 2.05) is 60.7 Å². The number of aromatic nitrogens is 1. The molecule has 4 aromatic rings. The van der Waals surface area contributed by atoms with Gasteiger partial charge in [0.05, 0.1) is 23.9 Å². The van der Waals surface area contributed by atoms with Gasteiger partial charge in [-0.1, -0.05) is 59.6 Å². The third-order valence-electron chi connectivity index (χ3n) is 5.02. The van der Waals surface area contributed by atoms with Crippen molar-refractivity contribution in [3.05, 3.63) is 94.0 Å². The Hall–Kier alpha value is -3.08. The number of carbonyl (C=O) groups excluding carboxylic acids is 1. The van der Waals surface area contributed by atoms with Gasteiger partial charge >= 0.3 is 0 Å². The van der Waals surface area contributed by atoms with Crippen LogP contribution in [0, 0.1) is 0 Å². The van der Waals surface area contributed by atoms with E-state index in [1.54, 1.807) is 19.2 Å². The van der Waals surface area contributed by atoms with Gasteiger partial charge < -0.3 is 10.1 Å². The Morgan fingerprint density at radius 3 is 2.65 bits per heavy atom. The van der Waals surface area contributed by atoms with E-state index in [-0.39, 0.29) is 5.91 Å². The van der Waals surface area contributed by atoms with Crippen molar-refractivity contribution in [2.45, 2.75) is 6.42 Å². The molecule has 1 N–H and O–H groups in total. The molecule has 4 nitrogen and oxygen atoms in total. The van der Waals surface area contributed by atoms with E-state index in [2.05, 4.69) is 5.32 Å². The number of fused-ring (bicyclic) bond motifs is 1. The van der Waals surface area contributed by atoms with Crippen LogP contribution in [-0.4, -0.2) is 24.5 Å². The first-order chi connectivity index (χ1) is 15.0. The van der Waals surface area contributed by atoms with E-state index in [9.17, 15) is 4.79 Å². The number of methoxy groups -OCH3 is 1. The molecule has 0 saturated carbocycles. The zero-order valence-electron chi connectivity index (χ0n) is 16.9. The highest BCUT2D eigenvalue weighted by Gasteiger charge is 2.14. The highest BCUT2D eigenvalue weighted by Crippen LogP contribution is 2.27. The SMILES string of the molecule is COc1cccc(-c2cc(C(=O)NCCc3ccc(Cl)cc3Cl)c3ccccc3n2)c1. The molecular formula is C25H20Cl2N2O2. The number of hydrogen-bond donors (Lipinski definition) is 1. The summed E-state index contributed by atoms with van der Waals surface area (Å²) in [6.07, 6.45) is 0.605. The molecule has 0 atom stereocenters. The molecule has 0 aliphatic heterocycles. The Kier molecular flexibility index (Phi) is 6.40. The van der Waals surface area contributed by atoms with Crippen molar-refractivity contribution in [3.63, 3.8) is 0 Å². The summed E-state index contributed by atoms with van der Waals surface area (Å²) in [4.78, 5) is 17.8. The van der Waals surface area contributed by atoms with Crippen LogP contribution in [0.3, 0.4) is 0 Å². The number of rotatable bonds is 6. The number of halogens is 2. The van der Waals surface area contributed by atoms with Crippen LogP contribution in [0.5, 0.6) is 5.75 Å². The first-order valence-corrected chi connectivity index (χ1v) is 10.6. The van der Waals surface area contributed by atoms with Gasteiger partial charge in [-0.25, -0.2) is 4.98 Å². The fraction of sp³-hybridized carbons (Fsp3) is 0.120. The van der Waals surface area contributed by atoms with Gasteiger partial charge in [0.2, 0.25) is 0 Å². The molecule has 1 amide bonds. The van der Waals surface area contributed by atoms with Crippen molar-refractivity contribution in [3.8, 4) is 17.0 Å². The van der Waals surface area contributed by atoms with Gasteiger partial charge in [-0.05, 0) is 48.4 Å². The van der Waals surface area contributed by atoms with Crippen molar-refractivity contribution < 1.29 is 9.53 Å². The van der Waals surface area contributed by atoms with Crippen molar-refractivity contribution in [1.29, 1.82) is 0 Å². The average molecular weight is 451 g/mol. The number of ether oxygens (including phenoxy) is 1. The zero-order chi connectivity index (χ0) is 21.8. The summed E-state index contributed by atoms with van der Waals surface area (Å²) in [5.74, 6) is 0.575. The van der Waals surface area contributed by atoms with Gasteiger partial charge in [0, 0.05) is 27.5 Å². The molecule has 0 radical (unpaired) electrons. The van der Waals surface area contributed by atoms with E-state index in [1.165, 1.54) is 0 Å². The fourth-order valence-electron chi connectivity index (χ4n) is 3.42. The summed E-state index contributed by atoms with van der Waals surface area (Å²) in [5, 5.41) is 4.98. The van der Waals surface area contributed by atoms with E-state index >= 15 is 0 Å². The maximum Gasteiger partial charge on any atom is 0.252 e. The molecule has 1 heterocycles. The molecule has 0 unspecified atom stereocenters. The molecule has 3 aromatic carbocycles. The predicted molar refractivity (Wildman–Crippen MR) is 126 cm³/mol. The number of carbonyl (C=O) groups is 1. The lowest BCUT2D eigenvalue weighted by Crippen LogP contribution is -2.26. The minimum Gasteiger partial charge on any atom is -0.497 e. The molecule has 4 rings (SSSR count). The second-order valence-electron chi connectivity index (χ2n) is 7.05. The van der Waals surface area contributed by atoms with E-state index in [4.69, 9.17) is 32.9 Å². The van der Waals surface area contributed by atoms with Crippen LogP contribution in [0.15, 0.2) is 72.8 Å². The molecule has 0 saturated heterocycles. The second-order valence-corrected chi connectivity index (χ2v) is 7.89. The number of pyridine rings is 1. The molecule has 1 aromatic heterocycles. The zero-order valence-corrected chi connectivity index (χ0v) is 18.4. The number of nitrogens with one attached hydrogen (secondary N) is 1. The number of benzene rings is 3. The lowest BCUT2D eigenvalue weighted by Gasteiger charge is -2.12. The molecule has 156 valence electrons. The van der Waals surface area contributed by atoms with Crippen molar-refractivity contribution in [2.24, 2.45) is 0 Å². The average Bonchev–Trinajstić information content (AvgIpc) is 2.79. The van der Waals surface area contributed by atoms with Crippen molar-refractivity contribution >= 4 is 40.0 Å². The summed E-state index contributed by atoms with van der Waals surface area (Å²) in [5.41, 5.74) is 3.86. The Labute approximate surface area is 190 Å². The molecule has 6 heteroatoms. The summed E-state index contributed by atoms with van der Waals surface area (Å²) < 4.78 is 5.33. The topological polar surface area (TPSA) is 51.2 Å². The van der Waals surface area contributed by atoms with Gasteiger partial charge in [0.25, 0.3) is 5.91 Å². The highest BCUT2D eigenvalue weighted by atomic mass is 35.5. The summed E-state index contributed by atoms with van der Waals surface area (Å²) in [6.45, 7) is 0.450. The van der Waals surface area contributed by atoms with Gasteiger partial charge in [-0.2, -0.15) is 0 Å². The first-order valence-electron chi connectivity index (χ1n) is 9.81. The number of hydrogen-bond acceptors (Lipinski definition) is 3. The molecule has 0 bridgehead atoms. The molecule has 0 fully saturated rings. The van der Waals surface area contributed by atoms with Crippen LogP contribution < -0.4 is 10.1 Å². The Balaban J connectivity index is 1.61. The lowest BCUT2D eigenvalue weighted by molar-refractivity contribution is 0.0955.